The predicted molar refractivity (Wildman–Crippen MR) is 117 cm³/mol. The molecule has 0 N–H and O–H groups in total. The van der Waals surface area contributed by atoms with Crippen LogP contribution in [0.4, 0.5) is 0 Å². The van der Waals surface area contributed by atoms with E-state index in [1.54, 1.807) is 54.6 Å². The van der Waals surface area contributed by atoms with E-state index in [4.69, 9.17) is 55.9 Å². The topological polar surface area (TPSA) is 35.5 Å². The average molecular weight is 466 g/mol. The fourth-order valence-electron chi connectivity index (χ4n) is 2.81. The van der Waals surface area contributed by atoms with Gasteiger partial charge in [-0.25, -0.2) is 0 Å². The number of hydrogen-bond acceptors (Lipinski definition) is 3. The third-order valence-electron chi connectivity index (χ3n) is 4.28. The molecular formula is C22H12Cl4O3. The van der Waals surface area contributed by atoms with Crippen LogP contribution in [0.25, 0.3) is 6.08 Å². The minimum Gasteiger partial charge on any atom is -0.489 e. The Hall–Kier alpha value is -2.17. The summed E-state index contributed by atoms with van der Waals surface area (Å²) < 4.78 is 11.5. The van der Waals surface area contributed by atoms with Gasteiger partial charge in [0.2, 0.25) is 5.78 Å². The number of allylic oxidation sites excluding steroid dienone is 1. The Morgan fingerprint density at radius 3 is 2.45 bits per heavy atom. The van der Waals surface area contributed by atoms with Gasteiger partial charge in [-0.2, -0.15) is 0 Å². The van der Waals surface area contributed by atoms with Crippen molar-refractivity contribution in [1.29, 1.82) is 0 Å². The van der Waals surface area contributed by atoms with E-state index in [-0.39, 0.29) is 11.5 Å². The van der Waals surface area contributed by atoms with E-state index in [0.717, 1.165) is 5.56 Å². The maximum absolute atomic E-state index is 12.6. The molecule has 0 bridgehead atoms. The van der Waals surface area contributed by atoms with Crippen molar-refractivity contribution in [3.8, 4) is 11.5 Å². The number of carbonyl (C=O) groups is 1. The molecule has 3 aromatic rings. The highest BCUT2D eigenvalue weighted by Crippen LogP contribution is 2.36. The van der Waals surface area contributed by atoms with E-state index in [1.807, 2.05) is 6.07 Å². The minimum absolute atomic E-state index is 0.186. The standard InChI is InChI=1S/C22H12Cl4O3/c23-14-3-2-13(18(25)9-14)8-21-22(27)16-5-4-15(10-20(16)29-21)28-11-12-1-6-17(24)19(26)7-12/h1-10H,11H2. The zero-order valence-electron chi connectivity index (χ0n) is 14.7. The van der Waals surface area contributed by atoms with E-state index in [9.17, 15) is 4.79 Å². The fraction of sp³-hybridized carbons (Fsp3) is 0.0455. The van der Waals surface area contributed by atoms with E-state index < -0.39 is 0 Å². The molecule has 0 unspecified atom stereocenters. The van der Waals surface area contributed by atoms with Gasteiger partial charge < -0.3 is 9.47 Å². The quantitative estimate of drug-likeness (QED) is 0.374. The molecule has 146 valence electrons. The summed E-state index contributed by atoms with van der Waals surface area (Å²) in [6, 6.07) is 15.4. The smallest absolute Gasteiger partial charge is 0.231 e. The Kier molecular flexibility index (Phi) is 5.75. The summed E-state index contributed by atoms with van der Waals surface area (Å²) in [7, 11) is 0. The van der Waals surface area contributed by atoms with Crippen LogP contribution >= 0.6 is 46.4 Å². The largest absolute Gasteiger partial charge is 0.489 e. The lowest BCUT2D eigenvalue weighted by molar-refractivity contribution is 0.101. The van der Waals surface area contributed by atoms with Crippen LogP contribution in [0.2, 0.25) is 20.1 Å². The highest BCUT2D eigenvalue weighted by Gasteiger charge is 2.28. The first-order valence-electron chi connectivity index (χ1n) is 8.51. The van der Waals surface area contributed by atoms with Crippen LogP contribution in [0, 0.1) is 0 Å². The second-order valence-electron chi connectivity index (χ2n) is 6.30. The minimum atomic E-state index is -0.220. The second kappa shape index (κ2) is 8.29. The van der Waals surface area contributed by atoms with Gasteiger partial charge in [-0.15, -0.1) is 0 Å². The third-order valence-corrected chi connectivity index (χ3v) is 5.58. The van der Waals surface area contributed by atoms with Crippen molar-refractivity contribution in [2.75, 3.05) is 0 Å². The number of rotatable bonds is 4. The second-order valence-corrected chi connectivity index (χ2v) is 7.96. The van der Waals surface area contributed by atoms with Gasteiger partial charge >= 0.3 is 0 Å². The first-order valence-corrected chi connectivity index (χ1v) is 10.0. The molecule has 7 heteroatoms. The van der Waals surface area contributed by atoms with Crippen molar-refractivity contribution in [3.05, 3.63) is 97.1 Å². The highest BCUT2D eigenvalue weighted by molar-refractivity contribution is 6.42. The number of halogens is 4. The maximum atomic E-state index is 12.6. The molecule has 0 aliphatic carbocycles. The molecule has 0 aromatic heterocycles. The summed E-state index contributed by atoms with van der Waals surface area (Å²) in [5, 5.41) is 1.90. The molecule has 3 nitrogen and oxygen atoms in total. The molecule has 3 aromatic carbocycles. The van der Waals surface area contributed by atoms with Crippen LogP contribution < -0.4 is 9.47 Å². The van der Waals surface area contributed by atoms with Crippen molar-refractivity contribution >= 4 is 58.3 Å². The molecule has 0 fully saturated rings. The molecular weight excluding hydrogens is 454 g/mol. The summed E-state index contributed by atoms with van der Waals surface area (Å²) in [4.78, 5) is 12.6. The molecule has 0 radical (unpaired) electrons. The third kappa shape index (κ3) is 4.39. The molecule has 4 rings (SSSR count). The number of ether oxygens (including phenoxy) is 2. The zero-order valence-corrected chi connectivity index (χ0v) is 17.7. The summed E-state index contributed by atoms with van der Waals surface area (Å²) in [6.45, 7) is 0.298. The summed E-state index contributed by atoms with van der Waals surface area (Å²) in [5.74, 6) is 0.958. The molecule has 1 aliphatic heterocycles. The molecule has 0 saturated carbocycles. The summed E-state index contributed by atoms with van der Waals surface area (Å²) in [6.07, 6.45) is 1.59. The van der Waals surface area contributed by atoms with Gasteiger partial charge in [0.15, 0.2) is 5.76 Å². The normalized spacial score (nSPS) is 14.1. The van der Waals surface area contributed by atoms with Gasteiger partial charge in [0.05, 0.1) is 15.6 Å². The van der Waals surface area contributed by atoms with Gasteiger partial charge in [0, 0.05) is 16.1 Å². The number of Topliss-reactive ketones (excluding diaryl/α,β-unsaturated/α-hetero) is 1. The SMILES string of the molecule is O=C1C(=Cc2ccc(Cl)cc2Cl)Oc2cc(OCc3ccc(Cl)c(Cl)c3)ccc21. The van der Waals surface area contributed by atoms with E-state index >= 15 is 0 Å². The lowest BCUT2D eigenvalue weighted by Crippen LogP contribution is -1.98. The first-order chi connectivity index (χ1) is 13.9. The molecule has 1 aliphatic rings. The lowest BCUT2D eigenvalue weighted by Gasteiger charge is -2.08. The van der Waals surface area contributed by atoms with Gasteiger partial charge in [0.1, 0.15) is 18.1 Å². The van der Waals surface area contributed by atoms with Crippen LogP contribution in [0.1, 0.15) is 21.5 Å². The number of carbonyl (C=O) groups excluding carboxylic acids is 1. The Balaban J connectivity index is 1.52. The van der Waals surface area contributed by atoms with E-state index in [2.05, 4.69) is 0 Å². The van der Waals surface area contributed by atoms with E-state index in [0.29, 0.717) is 49.3 Å². The number of fused-ring (bicyclic) bond motifs is 1. The van der Waals surface area contributed by atoms with Crippen LogP contribution in [0.3, 0.4) is 0 Å². The average Bonchev–Trinajstić information content (AvgIpc) is 3.00. The van der Waals surface area contributed by atoms with Crippen LogP contribution in [0.15, 0.2) is 60.4 Å². The van der Waals surface area contributed by atoms with Gasteiger partial charge in [0.25, 0.3) is 0 Å². The van der Waals surface area contributed by atoms with Gasteiger partial charge in [-0.1, -0.05) is 58.5 Å². The summed E-state index contributed by atoms with van der Waals surface area (Å²) >= 11 is 24.0. The molecule has 1 heterocycles. The van der Waals surface area contributed by atoms with Crippen LogP contribution in [-0.4, -0.2) is 5.78 Å². The molecule has 0 amide bonds. The fourth-order valence-corrected chi connectivity index (χ4v) is 3.60. The monoisotopic (exact) mass is 464 g/mol. The lowest BCUT2D eigenvalue weighted by atomic mass is 10.1. The Bertz CT molecular complexity index is 1150. The summed E-state index contributed by atoms with van der Waals surface area (Å²) in [5.41, 5.74) is 1.97. The first kappa shape index (κ1) is 20.1. The number of hydrogen-bond donors (Lipinski definition) is 0. The van der Waals surface area contributed by atoms with Crippen molar-refractivity contribution in [2.24, 2.45) is 0 Å². The van der Waals surface area contributed by atoms with Crippen molar-refractivity contribution in [3.63, 3.8) is 0 Å². The van der Waals surface area contributed by atoms with E-state index in [1.165, 1.54) is 0 Å². The molecule has 29 heavy (non-hydrogen) atoms. The molecule has 0 atom stereocenters. The molecule has 0 spiro atoms. The Labute approximate surface area is 187 Å². The predicted octanol–water partition coefficient (Wildman–Crippen LogP) is 7.50. The Morgan fingerprint density at radius 1 is 0.862 bits per heavy atom. The van der Waals surface area contributed by atoms with Crippen molar-refractivity contribution < 1.29 is 14.3 Å². The van der Waals surface area contributed by atoms with Crippen LogP contribution in [-0.2, 0) is 6.61 Å². The van der Waals surface area contributed by atoms with Crippen LogP contribution in [0.5, 0.6) is 11.5 Å². The highest BCUT2D eigenvalue weighted by atomic mass is 35.5. The van der Waals surface area contributed by atoms with Crippen molar-refractivity contribution in [2.45, 2.75) is 6.61 Å². The Morgan fingerprint density at radius 2 is 1.69 bits per heavy atom. The van der Waals surface area contributed by atoms with Gasteiger partial charge in [-0.3, -0.25) is 4.79 Å². The number of benzene rings is 3. The maximum Gasteiger partial charge on any atom is 0.231 e. The van der Waals surface area contributed by atoms with Gasteiger partial charge in [-0.05, 0) is 53.6 Å². The number of ketones is 1. The van der Waals surface area contributed by atoms with Crippen molar-refractivity contribution in [1.82, 2.24) is 0 Å². The molecule has 0 saturated heterocycles. The zero-order chi connectivity index (χ0) is 20.5.